The lowest BCUT2D eigenvalue weighted by atomic mass is 9.90. The van der Waals surface area contributed by atoms with Crippen molar-refractivity contribution in [1.29, 1.82) is 0 Å². The molecule has 1 aliphatic carbocycles. The number of pyridine rings is 1. The number of thioether (sulfide) groups is 1. The van der Waals surface area contributed by atoms with Crippen molar-refractivity contribution in [2.24, 2.45) is 0 Å². The number of amides is 1. The lowest BCUT2D eigenvalue weighted by Gasteiger charge is -2.35. The molecule has 0 radical (unpaired) electrons. The number of nitrogen functional groups attached to an aromatic ring is 1. The second-order valence-electron chi connectivity index (χ2n) is 9.90. The van der Waals surface area contributed by atoms with E-state index < -0.39 is 4.75 Å². The van der Waals surface area contributed by atoms with Gasteiger partial charge in [-0.15, -0.1) is 0 Å². The number of carbonyl (C=O) groups is 1. The van der Waals surface area contributed by atoms with Gasteiger partial charge in [-0.2, -0.15) is 0 Å². The van der Waals surface area contributed by atoms with E-state index in [4.69, 9.17) is 10.7 Å². The van der Waals surface area contributed by atoms with E-state index in [9.17, 15) is 4.79 Å². The van der Waals surface area contributed by atoms with E-state index in [1.807, 2.05) is 6.92 Å². The molecule has 33 heavy (non-hydrogen) atoms. The van der Waals surface area contributed by atoms with E-state index in [0.29, 0.717) is 47.8 Å². The number of carbonyl (C=O) groups excluding carboxylic acids is 1. The normalized spacial score (nSPS) is 30.1. The maximum absolute atomic E-state index is 15.2. The highest BCUT2D eigenvalue weighted by atomic mass is 32.2. The molecule has 6 rings (SSSR count). The van der Waals surface area contributed by atoms with E-state index in [1.165, 1.54) is 30.8 Å². The molecule has 1 amide bonds. The fourth-order valence-electron chi connectivity index (χ4n) is 5.57. The van der Waals surface area contributed by atoms with E-state index in [0.717, 1.165) is 36.7 Å². The number of nitrogens with one attached hydrogen (secondary N) is 2. The Morgan fingerprint density at radius 1 is 1.27 bits per heavy atom. The third-order valence-corrected chi connectivity index (χ3v) is 8.64. The van der Waals surface area contributed by atoms with Gasteiger partial charge >= 0.3 is 0 Å². The molecular formula is C23H28FN7OS. The Labute approximate surface area is 196 Å². The van der Waals surface area contributed by atoms with Gasteiger partial charge in [0.05, 0.1) is 11.9 Å². The molecular weight excluding hydrogens is 441 g/mol. The molecule has 5 heterocycles. The number of nitrogens with two attached hydrogens (primary N) is 1. The summed E-state index contributed by atoms with van der Waals surface area (Å²) in [5.74, 6) is 0.822. The van der Waals surface area contributed by atoms with Gasteiger partial charge in [0, 0.05) is 55.0 Å². The van der Waals surface area contributed by atoms with E-state index in [2.05, 4.69) is 25.5 Å². The summed E-state index contributed by atoms with van der Waals surface area (Å²) in [4.78, 5) is 28.9. The molecule has 0 spiro atoms. The molecule has 2 saturated heterocycles. The smallest absolute Gasteiger partial charge is 0.237 e. The van der Waals surface area contributed by atoms with Crippen molar-refractivity contribution in [3.05, 3.63) is 35.0 Å². The fraction of sp³-hybridized carbons (Fsp3) is 0.565. The van der Waals surface area contributed by atoms with Gasteiger partial charge in [-0.1, -0.05) is 11.8 Å². The first-order valence-electron chi connectivity index (χ1n) is 11.7. The van der Waals surface area contributed by atoms with Gasteiger partial charge in [-0.25, -0.2) is 14.4 Å². The van der Waals surface area contributed by atoms with Crippen LogP contribution in [0, 0.1) is 5.82 Å². The van der Waals surface area contributed by atoms with E-state index in [1.54, 1.807) is 6.07 Å². The maximum atomic E-state index is 15.2. The molecule has 8 nitrogen and oxygen atoms in total. The summed E-state index contributed by atoms with van der Waals surface area (Å²) in [6, 6.07) is 2.42. The molecule has 10 heteroatoms. The molecule has 4 aliphatic rings. The van der Waals surface area contributed by atoms with Crippen LogP contribution in [0.4, 0.5) is 16.0 Å². The zero-order chi connectivity index (χ0) is 22.7. The fourth-order valence-corrected chi connectivity index (χ4v) is 6.75. The van der Waals surface area contributed by atoms with Crippen molar-refractivity contribution in [2.45, 2.75) is 73.3 Å². The maximum Gasteiger partial charge on any atom is 0.237 e. The first-order chi connectivity index (χ1) is 15.9. The van der Waals surface area contributed by atoms with E-state index in [-0.39, 0.29) is 17.8 Å². The van der Waals surface area contributed by atoms with Crippen molar-refractivity contribution in [2.75, 3.05) is 23.7 Å². The van der Waals surface area contributed by atoms with Crippen molar-refractivity contribution >= 4 is 29.3 Å². The van der Waals surface area contributed by atoms with Gasteiger partial charge in [0.15, 0.2) is 0 Å². The number of piperazine rings is 1. The number of rotatable bonds is 3. The van der Waals surface area contributed by atoms with Crippen LogP contribution in [-0.2, 0) is 24.1 Å². The number of nitrogens with zero attached hydrogens (tertiary/aromatic N) is 4. The summed E-state index contributed by atoms with van der Waals surface area (Å²) in [6.07, 6.45) is 6.25. The topological polar surface area (TPSA) is 109 Å². The van der Waals surface area contributed by atoms with Crippen molar-refractivity contribution in [3.8, 4) is 0 Å². The number of hydrogen-bond donors (Lipinski definition) is 3. The van der Waals surface area contributed by atoms with Gasteiger partial charge < -0.3 is 21.3 Å². The van der Waals surface area contributed by atoms with Crippen LogP contribution >= 0.6 is 11.8 Å². The molecule has 2 bridgehead atoms. The highest BCUT2D eigenvalue weighted by Gasteiger charge is 2.43. The van der Waals surface area contributed by atoms with Crippen molar-refractivity contribution in [1.82, 2.24) is 25.6 Å². The Morgan fingerprint density at radius 3 is 2.85 bits per heavy atom. The first kappa shape index (κ1) is 21.1. The average Bonchev–Trinajstić information content (AvgIpc) is 3.31. The molecule has 2 aromatic rings. The Kier molecular flexibility index (Phi) is 4.99. The van der Waals surface area contributed by atoms with Crippen LogP contribution in [0.25, 0.3) is 0 Å². The minimum Gasteiger partial charge on any atom is -0.382 e. The molecule has 174 valence electrons. The van der Waals surface area contributed by atoms with Crippen LogP contribution in [0.15, 0.2) is 17.3 Å². The molecule has 3 unspecified atom stereocenters. The second kappa shape index (κ2) is 7.80. The van der Waals surface area contributed by atoms with Gasteiger partial charge in [-0.3, -0.25) is 9.78 Å². The van der Waals surface area contributed by atoms with Gasteiger partial charge in [0.1, 0.15) is 27.2 Å². The zero-order valence-corrected chi connectivity index (χ0v) is 19.4. The lowest BCUT2D eigenvalue weighted by Crippen LogP contribution is -2.51. The van der Waals surface area contributed by atoms with Crippen LogP contribution < -0.4 is 21.3 Å². The second-order valence-corrected chi connectivity index (χ2v) is 11.4. The number of anilines is 2. The molecule has 3 aliphatic heterocycles. The minimum atomic E-state index is -0.696. The molecule has 4 atom stereocenters. The van der Waals surface area contributed by atoms with E-state index >= 15 is 4.39 Å². The monoisotopic (exact) mass is 469 g/mol. The van der Waals surface area contributed by atoms with Crippen LogP contribution in [0.3, 0.4) is 0 Å². The average molecular weight is 470 g/mol. The SMILES string of the molecule is CC1(C(=O)N[C@H]2CCc3nc(N4CC5CCC(C4)N5)cc(F)c3C2)Cc2ncc(N)nc2S1. The predicted molar refractivity (Wildman–Crippen MR) is 125 cm³/mol. The molecule has 2 aromatic heterocycles. The standard InChI is InChI=1S/C23H28FN7OS/c1-23(8-18-21(33-23)30-19(25)9-26-18)22(32)28-12-4-5-17-15(6-12)16(24)7-20(29-17)31-10-13-2-3-14(11-31)27-13/h7,9,12-14,27H,2-6,8,10-11H2,1H3,(H2,25,30)(H,28,32)/t12-,13?,14?,23?/m0/s1. The summed E-state index contributed by atoms with van der Waals surface area (Å²) >= 11 is 1.40. The largest absolute Gasteiger partial charge is 0.382 e. The van der Waals surface area contributed by atoms with Crippen LogP contribution in [0.2, 0.25) is 0 Å². The highest BCUT2D eigenvalue weighted by Crippen LogP contribution is 2.43. The molecule has 4 N–H and O–H groups in total. The summed E-state index contributed by atoms with van der Waals surface area (Å²) in [5.41, 5.74) is 8.01. The van der Waals surface area contributed by atoms with Gasteiger partial charge in [0.25, 0.3) is 0 Å². The Hall–Kier alpha value is -2.46. The third kappa shape index (κ3) is 3.82. The van der Waals surface area contributed by atoms with Gasteiger partial charge in [0.2, 0.25) is 5.91 Å². The van der Waals surface area contributed by atoms with Crippen LogP contribution in [0.1, 0.15) is 43.1 Å². The Morgan fingerprint density at radius 2 is 2.06 bits per heavy atom. The Bertz CT molecular complexity index is 1120. The van der Waals surface area contributed by atoms with Crippen LogP contribution in [0.5, 0.6) is 0 Å². The number of aryl methyl sites for hydroxylation is 1. The molecule has 0 aromatic carbocycles. The Balaban J connectivity index is 1.14. The number of aromatic nitrogens is 3. The zero-order valence-electron chi connectivity index (χ0n) is 18.6. The van der Waals surface area contributed by atoms with Crippen molar-refractivity contribution < 1.29 is 9.18 Å². The molecule has 0 saturated carbocycles. The number of fused-ring (bicyclic) bond motifs is 4. The summed E-state index contributed by atoms with van der Waals surface area (Å²) < 4.78 is 14.5. The summed E-state index contributed by atoms with van der Waals surface area (Å²) in [7, 11) is 0. The van der Waals surface area contributed by atoms with Gasteiger partial charge in [-0.05, 0) is 39.0 Å². The third-order valence-electron chi connectivity index (χ3n) is 7.34. The summed E-state index contributed by atoms with van der Waals surface area (Å²) in [6.45, 7) is 3.67. The van der Waals surface area contributed by atoms with Crippen molar-refractivity contribution in [3.63, 3.8) is 0 Å². The minimum absolute atomic E-state index is 0.0689. The highest BCUT2D eigenvalue weighted by molar-refractivity contribution is 8.01. The number of halogens is 1. The van der Waals surface area contributed by atoms with Crippen LogP contribution in [-0.4, -0.2) is 56.8 Å². The summed E-state index contributed by atoms with van der Waals surface area (Å²) in [5, 5.41) is 7.48. The quantitative estimate of drug-likeness (QED) is 0.622. The lowest BCUT2D eigenvalue weighted by molar-refractivity contribution is -0.123. The first-order valence-corrected chi connectivity index (χ1v) is 12.5. The number of hydrogen-bond acceptors (Lipinski definition) is 8. The molecule has 2 fully saturated rings. The predicted octanol–water partition coefficient (Wildman–Crippen LogP) is 1.61.